The van der Waals surface area contributed by atoms with E-state index in [1.807, 2.05) is 0 Å². The topological polar surface area (TPSA) is 96.6 Å². The van der Waals surface area contributed by atoms with Gasteiger partial charge in [-0.1, -0.05) is 6.42 Å². The predicted octanol–water partition coefficient (Wildman–Crippen LogP) is 2.22. The molecular weight excluding hydrogens is 320 g/mol. The zero-order chi connectivity index (χ0) is 16.4. The van der Waals surface area contributed by atoms with Crippen molar-refractivity contribution in [3.05, 3.63) is 23.7 Å². The van der Waals surface area contributed by atoms with Crippen molar-refractivity contribution in [2.75, 3.05) is 5.75 Å². The zero-order valence-corrected chi connectivity index (χ0v) is 12.5. The minimum atomic E-state index is -3.95. The summed E-state index contributed by atoms with van der Waals surface area (Å²) >= 11 is 0. The monoisotopic (exact) mass is 337 g/mol. The standard InChI is InChI=1S/C13H17F2NO5S/c14-13(15)5-2-1-3-9(13)8-22(19,20)16-7-11-10(12(17)18)4-6-21-11/h4,6,9,16H,1-3,5,7-8H2,(H,17,18). The average molecular weight is 337 g/mol. The van der Waals surface area contributed by atoms with Crippen LogP contribution in [0.3, 0.4) is 0 Å². The van der Waals surface area contributed by atoms with E-state index in [0.717, 1.165) is 6.26 Å². The van der Waals surface area contributed by atoms with Gasteiger partial charge in [-0.3, -0.25) is 0 Å². The summed E-state index contributed by atoms with van der Waals surface area (Å²) in [6, 6.07) is 1.20. The van der Waals surface area contributed by atoms with Crippen molar-refractivity contribution in [3.63, 3.8) is 0 Å². The van der Waals surface area contributed by atoms with Crippen LogP contribution in [0.2, 0.25) is 0 Å². The van der Waals surface area contributed by atoms with Gasteiger partial charge in [-0.25, -0.2) is 26.7 Å². The Hall–Kier alpha value is -1.48. The van der Waals surface area contributed by atoms with E-state index in [-0.39, 0.29) is 30.7 Å². The van der Waals surface area contributed by atoms with E-state index in [0.29, 0.717) is 12.8 Å². The van der Waals surface area contributed by atoms with Gasteiger partial charge in [0.1, 0.15) is 11.3 Å². The molecule has 1 aromatic rings. The number of carboxylic acid groups (broad SMARTS) is 1. The third-order valence-corrected chi connectivity index (χ3v) is 5.18. The molecule has 0 saturated heterocycles. The number of sulfonamides is 1. The lowest BCUT2D eigenvalue weighted by atomic mass is 9.87. The van der Waals surface area contributed by atoms with Crippen LogP contribution in [0.25, 0.3) is 0 Å². The maximum absolute atomic E-state index is 13.7. The maximum Gasteiger partial charge on any atom is 0.339 e. The minimum Gasteiger partial charge on any atom is -0.478 e. The van der Waals surface area contributed by atoms with Gasteiger partial charge in [0, 0.05) is 12.3 Å². The molecule has 22 heavy (non-hydrogen) atoms. The number of rotatable bonds is 6. The summed E-state index contributed by atoms with van der Waals surface area (Å²) in [5.74, 6) is -6.19. The summed E-state index contributed by atoms with van der Waals surface area (Å²) < 4.78 is 58.3. The molecule has 0 radical (unpaired) electrons. The smallest absolute Gasteiger partial charge is 0.339 e. The van der Waals surface area contributed by atoms with Crippen molar-refractivity contribution in [2.45, 2.75) is 38.2 Å². The summed E-state index contributed by atoms with van der Waals surface area (Å²) in [4.78, 5) is 10.9. The number of aromatic carboxylic acids is 1. The first-order valence-electron chi connectivity index (χ1n) is 6.86. The van der Waals surface area contributed by atoms with Gasteiger partial charge in [0.25, 0.3) is 5.92 Å². The molecular formula is C13H17F2NO5S. The molecule has 0 aliphatic heterocycles. The number of hydrogen-bond donors (Lipinski definition) is 2. The molecule has 1 unspecified atom stereocenters. The van der Waals surface area contributed by atoms with Crippen LogP contribution < -0.4 is 4.72 Å². The molecule has 1 heterocycles. The van der Waals surface area contributed by atoms with Gasteiger partial charge < -0.3 is 9.52 Å². The molecule has 2 N–H and O–H groups in total. The van der Waals surface area contributed by atoms with Gasteiger partial charge in [0.15, 0.2) is 0 Å². The Kier molecular flexibility index (Phi) is 4.86. The fraction of sp³-hybridized carbons (Fsp3) is 0.615. The van der Waals surface area contributed by atoms with Gasteiger partial charge in [-0.05, 0) is 18.9 Å². The summed E-state index contributed by atoms with van der Waals surface area (Å²) in [5, 5.41) is 8.88. The highest BCUT2D eigenvalue weighted by molar-refractivity contribution is 7.89. The molecule has 0 bridgehead atoms. The van der Waals surface area contributed by atoms with Gasteiger partial charge in [-0.15, -0.1) is 0 Å². The number of alkyl halides is 2. The number of hydrogen-bond acceptors (Lipinski definition) is 4. The molecule has 1 atom stereocenters. The molecule has 1 fully saturated rings. The molecule has 0 aromatic carbocycles. The van der Waals surface area contributed by atoms with Crippen LogP contribution in [0.5, 0.6) is 0 Å². The first-order valence-corrected chi connectivity index (χ1v) is 8.51. The second-order valence-corrected chi connectivity index (χ2v) is 7.22. The van der Waals surface area contributed by atoms with Gasteiger partial charge >= 0.3 is 5.97 Å². The second-order valence-electron chi connectivity index (χ2n) is 5.37. The van der Waals surface area contributed by atoms with Crippen LogP contribution in [0, 0.1) is 5.92 Å². The van der Waals surface area contributed by atoms with Crippen molar-refractivity contribution in [2.24, 2.45) is 5.92 Å². The maximum atomic E-state index is 13.7. The highest BCUT2D eigenvalue weighted by Crippen LogP contribution is 2.38. The first-order chi connectivity index (χ1) is 10.2. The Morgan fingerprint density at radius 2 is 2.18 bits per heavy atom. The predicted molar refractivity (Wildman–Crippen MR) is 73.2 cm³/mol. The van der Waals surface area contributed by atoms with E-state index in [4.69, 9.17) is 9.52 Å². The van der Waals surface area contributed by atoms with Gasteiger partial charge in [0.2, 0.25) is 10.0 Å². The third-order valence-electron chi connectivity index (χ3n) is 3.76. The van der Waals surface area contributed by atoms with Gasteiger partial charge in [-0.2, -0.15) is 0 Å². The Morgan fingerprint density at radius 1 is 1.45 bits per heavy atom. The minimum absolute atomic E-state index is 0.0634. The molecule has 6 nitrogen and oxygen atoms in total. The SMILES string of the molecule is O=C(O)c1ccoc1CNS(=O)(=O)CC1CCCCC1(F)F. The number of halogens is 2. The van der Waals surface area contributed by atoms with Crippen LogP contribution in [-0.4, -0.2) is 31.2 Å². The molecule has 1 aliphatic carbocycles. The summed E-state index contributed by atoms with van der Waals surface area (Å²) in [6.45, 7) is -0.380. The van der Waals surface area contributed by atoms with E-state index in [1.54, 1.807) is 0 Å². The number of carbonyl (C=O) groups is 1. The molecule has 2 rings (SSSR count). The first kappa shape index (κ1) is 16.9. The molecule has 9 heteroatoms. The number of carboxylic acids is 1. The number of nitrogens with one attached hydrogen (secondary N) is 1. The lowest BCUT2D eigenvalue weighted by Crippen LogP contribution is -2.40. The van der Waals surface area contributed by atoms with E-state index in [2.05, 4.69) is 4.72 Å². The highest BCUT2D eigenvalue weighted by Gasteiger charge is 2.43. The lowest BCUT2D eigenvalue weighted by Gasteiger charge is -2.30. The summed E-state index contributed by atoms with van der Waals surface area (Å²) in [6.07, 6.45) is 1.97. The highest BCUT2D eigenvalue weighted by atomic mass is 32.2. The molecule has 0 amide bonds. The Labute approximate surface area is 126 Å². The quantitative estimate of drug-likeness (QED) is 0.830. The van der Waals surface area contributed by atoms with Crippen molar-refractivity contribution >= 4 is 16.0 Å². The van der Waals surface area contributed by atoms with Crippen molar-refractivity contribution < 1.29 is 31.5 Å². The Morgan fingerprint density at radius 3 is 2.82 bits per heavy atom. The zero-order valence-electron chi connectivity index (χ0n) is 11.7. The normalized spacial score (nSPS) is 21.6. The van der Waals surface area contributed by atoms with Crippen LogP contribution in [0.15, 0.2) is 16.7 Å². The van der Waals surface area contributed by atoms with Crippen LogP contribution in [0.1, 0.15) is 41.8 Å². The largest absolute Gasteiger partial charge is 0.478 e. The Bertz CT molecular complexity index is 641. The average Bonchev–Trinajstić information content (AvgIpc) is 2.87. The fourth-order valence-corrected chi connectivity index (χ4v) is 3.95. The van der Waals surface area contributed by atoms with Crippen molar-refractivity contribution in [1.82, 2.24) is 4.72 Å². The van der Waals surface area contributed by atoms with E-state index in [1.165, 1.54) is 6.07 Å². The van der Waals surface area contributed by atoms with Gasteiger partial charge in [0.05, 0.1) is 18.6 Å². The van der Waals surface area contributed by atoms with Crippen LogP contribution >= 0.6 is 0 Å². The van der Waals surface area contributed by atoms with Crippen LogP contribution in [0.4, 0.5) is 8.78 Å². The van der Waals surface area contributed by atoms with Crippen LogP contribution in [-0.2, 0) is 16.6 Å². The van der Waals surface area contributed by atoms with Crippen molar-refractivity contribution in [3.8, 4) is 0 Å². The van der Waals surface area contributed by atoms with E-state index in [9.17, 15) is 22.0 Å². The molecule has 1 saturated carbocycles. The fourth-order valence-electron chi connectivity index (χ4n) is 2.54. The second kappa shape index (κ2) is 6.33. The molecule has 124 valence electrons. The lowest BCUT2D eigenvalue weighted by molar-refractivity contribution is -0.0771. The van der Waals surface area contributed by atoms with E-state index < -0.39 is 33.6 Å². The molecule has 0 spiro atoms. The van der Waals surface area contributed by atoms with Crippen molar-refractivity contribution in [1.29, 1.82) is 0 Å². The number of furan rings is 1. The summed E-state index contributed by atoms with van der Waals surface area (Å²) in [5.41, 5.74) is -0.161. The molecule has 1 aromatic heterocycles. The van der Waals surface area contributed by atoms with E-state index >= 15 is 0 Å². The summed E-state index contributed by atoms with van der Waals surface area (Å²) in [7, 11) is -3.95. The Balaban J connectivity index is 1.99. The third kappa shape index (κ3) is 4.04. The molecule has 1 aliphatic rings.